The van der Waals surface area contributed by atoms with Crippen molar-refractivity contribution in [2.24, 2.45) is 11.5 Å². The summed E-state index contributed by atoms with van der Waals surface area (Å²) in [6.07, 6.45) is 10.1. The second-order valence-electron chi connectivity index (χ2n) is 20.4. The highest BCUT2D eigenvalue weighted by molar-refractivity contribution is 7.90. The summed E-state index contributed by atoms with van der Waals surface area (Å²) in [6, 6.07) is 37.8. The number of nitrogens with two attached hydrogens (primary N) is 2. The van der Waals surface area contributed by atoms with E-state index in [1.54, 1.807) is 116 Å². The number of carbonyl (C=O) groups is 4. The number of fused-ring (bicyclic) bond motifs is 2. The molecule has 0 bridgehead atoms. The van der Waals surface area contributed by atoms with E-state index in [4.69, 9.17) is 37.8 Å². The zero-order chi connectivity index (χ0) is 59.3. The van der Waals surface area contributed by atoms with Gasteiger partial charge in [-0.3, -0.25) is 19.2 Å². The van der Waals surface area contributed by atoms with Crippen LogP contribution >= 0.6 is 11.6 Å². The predicted octanol–water partition coefficient (Wildman–Crippen LogP) is 6.81. The van der Waals surface area contributed by atoms with Gasteiger partial charge >= 0.3 is 0 Å². The molecular formula is C62H61ClFN11O8S. The number of para-hydroxylation sites is 2. The normalized spacial score (nSPS) is 15.0. The Labute approximate surface area is 490 Å². The van der Waals surface area contributed by atoms with E-state index < -0.39 is 45.5 Å². The number of sulfone groups is 1. The van der Waals surface area contributed by atoms with Crippen molar-refractivity contribution >= 4 is 45.1 Å². The first kappa shape index (κ1) is 59.4. The van der Waals surface area contributed by atoms with Gasteiger partial charge in [-0.25, -0.2) is 22.8 Å². The summed E-state index contributed by atoms with van der Waals surface area (Å²) in [7, 11) is -3.26. The minimum absolute atomic E-state index is 0.0732. The first-order chi connectivity index (χ1) is 40.5. The lowest BCUT2D eigenvalue weighted by Crippen LogP contribution is -2.46. The number of nitrogens with zero attached hydrogens (tertiary/aromatic N) is 5. The molecule has 8 aromatic rings. The van der Waals surface area contributed by atoms with Crippen LogP contribution in [0.3, 0.4) is 0 Å². The number of aromatic nitrogens is 4. The summed E-state index contributed by atoms with van der Waals surface area (Å²) in [5.74, 6) is -1.71. The molecule has 2 aliphatic rings. The average Bonchev–Trinajstić information content (AvgIpc) is 2.58. The van der Waals surface area contributed by atoms with Crippen molar-refractivity contribution < 1.29 is 41.5 Å². The zero-order valence-corrected chi connectivity index (χ0v) is 47.3. The monoisotopic (exact) mass is 1170 g/mol. The van der Waals surface area contributed by atoms with Crippen LogP contribution < -0.4 is 42.2 Å². The number of nitriles is 1. The minimum atomic E-state index is -3.26. The number of rotatable bonds is 21. The molecule has 0 spiro atoms. The molecule has 0 saturated heterocycles. The fourth-order valence-corrected chi connectivity index (χ4v) is 10.7. The number of carbonyl (C=O) groups excluding carboxylic acids is 4. The van der Waals surface area contributed by atoms with E-state index in [2.05, 4.69) is 37.3 Å². The van der Waals surface area contributed by atoms with Gasteiger partial charge in [0.05, 0.1) is 64.9 Å². The van der Waals surface area contributed by atoms with E-state index >= 15 is 0 Å². The van der Waals surface area contributed by atoms with E-state index in [1.165, 1.54) is 18.4 Å². The van der Waals surface area contributed by atoms with Gasteiger partial charge in [-0.15, -0.1) is 0 Å². The molecule has 2 aliphatic heterocycles. The molecule has 8 N–H and O–H groups in total. The molecule has 0 saturated carbocycles. The van der Waals surface area contributed by atoms with Crippen LogP contribution in [0.4, 0.5) is 4.39 Å². The molecule has 2 aromatic heterocycles. The molecule has 0 radical (unpaired) electrons. The molecule has 19 nitrogen and oxygen atoms in total. The molecule has 0 fully saturated rings. The molecule has 4 heterocycles. The molecule has 4 atom stereocenters. The van der Waals surface area contributed by atoms with Crippen LogP contribution in [-0.2, 0) is 58.4 Å². The van der Waals surface area contributed by atoms with Gasteiger partial charge in [0.2, 0.25) is 11.8 Å². The van der Waals surface area contributed by atoms with Gasteiger partial charge in [-0.1, -0.05) is 84.4 Å². The maximum absolute atomic E-state index is 13.3. The molecule has 10 rings (SSSR count). The number of hydrogen-bond acceptors (Lipinski definition) is 13. The Morgan fingerprint density at radius 1 is 0.655 bits per heavy atom. The first-order valence-electron chi connectivity index (χ1n) is 26.9. The van der Waals surface area contributed by atoms with Crippen LogP contribution in [0.5, 0.6) is 11.5 Å². The van der Waals surface area contributed by atoms with Crippen molar-refractivity contribution in [3.05, 3.63) is 231 Å². The minimum Gasteiger partial charge on any atom is -0.492 e. The van der Waals surface area contributed by atoms with Gasteiger partial charge < -0.3 is 51.3 Å². The summed E-state index contributed by atoms with van der Waals surface area (Å²) in [5, 5.41) is 22.2. The molecule has 2 unspecified atom stereocenters. The highest BCUT2D eigenvalue weighted by Crippen LogP contribution is 2.37. The first-order valence-corrected chi connectivity index (χ1v) is 29.2. The maximum Gasteiger partial charge on any atom is 0.255 e. The van der Waals surface area contributed by atoms with Crippen LogP contribution in [-0.4, -0.2) is 82.7 Å². The van der Waals surface area contributed by atoms with Crippen LogP contribution in [0, 0.1) is 17.1 Å². The van der Waals surface area contributed by atoms with Crippen molar-refractivity contribution in [3.8, 4) is 17.6 Å². The zero-order valence-electron chi connectivity index (χ0n) is 45.7. The van der Waals surface area contributed by atoms with E-state index in [-0.39, 0.29) is 35.6 Å². The van der Waals surface area contributed by atoms with Crippen LogP contribution in [0.1, 0.15) is 96.0 Å². The van der Waals surface area contributed by atoms with Crippen molar-refractivity contribution in [2.45, 2.75) is 80.9 Å². The number of nitrogens with one attached hydrogen (secondary N) is 4. The highest BCUT2D eigenvalue weighted by atomic mass is 35.5. The van der Waals surface area contributed by atoms with Crippen LogP contribution in [0.25, 0.3) is 0 Å². The van der Waals surface area contributed by atoms with Crippen molar-refractivity contribution in [3.63, 3.8) is 0 Å². The fraction of sp³-hybridized carbons (Fsp3) is 0.242. The molecule has 432 valence electrons. The second kappa shape index (κ2) is 27.3. The standard InChI is InChI=1S/C31H32ClN5O5S.C31H29FN6O3/c1-43(40,41)24-11-7-21(8-12-24)18-37-19-34-16-23(37)17-35-27-13-14-42-29-25(27)3-2-4-26(29)31(39)36-28(30(33)38)15-20-5-9-22(32)10-6-20;32-23-10-8-20(9-11-23)14-28(30(34)39)37-31(40)26-3-1-2-25-27(12-13-41-29(25)26)36-17-24-16-35-19-38(24)18-22-6-4-21(15-33)5-7-22/h2-12,16,19,27-28,35H,13-15,17-18H2,1H3,(H2,33,38)(H,36,39);1-11,16,19,27-28,36H,12-14,17-18H2,(H2,34,39)(H,37,40)/t2*27?,28-/m00/s1. The van der Waals surface area contributed by atoms with Crippen molar-refractivity contribution in [1.82, 2.24) is 40.4 Å². The Morgan fingerprint density at radius 3 is 1.51 bits per heavy atom. The Morgan fingerprint density at radius 2 is 1.08 bits per heavy atom. The number of imidazole rings is 2. The van der Waals surface area contributed by atoms with Crippen molar-refractivity contribution in [1.29, 1.82) is 5.26 Å². The van der Waals surface area contributed by atoms with Gasteiger partial charge in [0.25, 0.3) is 11.8 Å². The molecule has 6 aromatic carbocycles. The van der Waals surface area contributed by atoms with Gasteiger partial charge in [0, 0.05) is 98.7 Å². The van der Waals surface area contributed by atoms with Gasteiger partial charge in [0.15, 0.2) is 9.84 Å². The molecule has 0 aliphatic carbocycles. The number of ether oxygens (including phenoxy) is 2. The number of primary amides is 2. The largest absolute Gasteiger partial charge is 0.492 e. The number of benzene rings is 6. The van der Waals surface area contributed by atoms with E-state index in [0.29, 0.717) is 91.0 Å². The lowest BCUT2D eigenvalue weighted by molar-refractivity contribution is -0.120. The Hall–Kier alpha value is -9.20. The topological polar surface area (TPSA) is 280 Å². The van der Waals surface area contributed by atoms with Gasteiger partial charge in [-0.2, -0.15) is 5.26 Å². The molecule has 4 amide bonds. The summed E-state index contributed by atoms with van der Waals surface area (Å²) in [5.41, 5.74) is 19.6. The third kappa shape index (κ3) is 15.3. The molecule has 84 heavy (non-hydrogen) atoms. The third-order valence-electron chi connectivity index (χ3n) is 14.4. The van der Waals surface area contributed by atoms with E-state index in [9.17, 15) is 32.0 Å². The van der Waals surface area contributed by atoms with E-state index in [1.807, 2.05) is 39.6 Å². The molecular weight excluding hydrogens is 1110 g/mol. The predicted molar refractivity (Wildman–Crippen MR) is 312 cm³/mol. The summed E-state index contributed by atoms with van der Waals surface area (Å²) in [4.78, 5) is 59.8. The summed E-state index contributed by atoms with van der Waals surface area (Å²) >= 11 is 5.96. The summed E-state index contributed by atoms with van der Waals surface area (Å²) < 4.78 is 52.8. The fourth-order valence-electron chi connectivity index (χ4n) is 9.91. The van der Waals surface area contributed by atoms with Crippen LogP contribution in [0.2, 0.25) is 5.02 Å². The number of halogens is 2. The third-order valence-corrected chi connectivity index (χ3v) is 15.8. The highest BCUT2D eigenvalue weighted by Gasteiger charge is 2.30. The number of amides is 4. The van der Waals surface area contributed by atoms with Crippen LogP contribution in [0.15, 0.2) is 163 Å². The molecule has 22 heteroatoms. The SMILES string of the molecule is CS(=O)(=O)c1ccc(Cn2cncc2CNC2CCOc3c(C(=O)N[C@@H](Cc4ccc(Cl)cc4)C(N)=O)cccc32)cc1.N#Cc1ccc(Cn2cncc2CNC2CCOc3c(C(=O)N[C@@H](Cc4ccc(F)cc4)C(N)=O)cccc32)cc1. The smallest absolute Gasteiger partial charge is 0.255 e. The second-order valence-corrected chi connectivity index (χ2v) is 22.8. The summed E-state index contributed by atoms with van der Waals surface area (Å²) in [6.45, 7) is 3.02. The average molecular weight is 1170 g/mol. The lowest BCUT2D eigenvalue weighted by atomic mass is 9.96. The quantitative estimate of drug-likeness (QED) is 0.0432. The number of hydrogen-bond donors (Lipinski definition) is 6. The maximum atomic E-state index is 13.3. The Bertz CT molecular complexity index is 3800. The van der Waals surface area contributed by atoms with Gasteiger partial charge in [0.1, 0.15) is 29.4 Å². The Kier molecular flexibility index (Phi) is 19.3. The van der Waals surface area contributed by atoms with E-state index in [0.717, 1.165) is 39.2 Å². The Balaban J connectivity index is 0.000000202. The van der Waals surface area contributed by atoms with Gasteiger partial charge in [-0.05, 0) is 82.9 Å². The lowest BCUT2D eigenvalue weighted by Gasteiger charge is -2.28. The van der Waals surface area contributed by atoms with Crippen molar-refractivity contribution in [2.75, 3.05) is 19.5 Å².